The summed E-state index contributed by atoms with van der Waals surface area (Å²) in [6, 6.07) is 0. The highest BCUT2D eigenvalue weighted by molar-refractivity contribution is 5.65. The number of hydrogen-bond donors (Lipinski definition) is 1. The van der Waals surface area contributed by atoms with Crippen molar-refractivity contribution in [3.8, 4) is 0 Å². The van der Waals surface area contributed by atoms with Crippen LogP contribution in [-0.2, 0) is 6.54 Å². The van der Waals surface area contributed by atoms with Gasteiger partial charge in [0.1, 0.15) is 0 Å². The fourth-order valence-electron chi connectivity index (χ4n) is 1.14. The van der Waals surface area contributed by atoms with Crippen molar-refractivity contribution in [3.63, 3.8) is 0 Å². The van der Waals surface area contributed by atoms with Gasteiger partial charge in [0.2, 0.25) is 5.89 Å². The van der Waals surface area contributed by atoms with Crippen LogP contribution in [0.25, 0.3) is 0 Å². The summed E-state index contributed by atoms with van der Waals surface area (Å²) in [5.74, 6) is 0.814. The standard InChI is InChI=1S/C9H15N3O3/c1-6-10-7(11-15-6)5-12(8(13)14)9(2,3)4/h5H2,1-4H3,(H,13,14). The third-order valence-corrected chi connectivity index (χ3v) is 1.91. The van der Waals surface area contributed by atoms with E-state index < -0.39 is 11.6 Å². The minimum absolute atomic E-state index is 0.135. The molecule has 1 rings (SSSR count). The normalized spacial score (nSPS) is 11.5. The SMILES string of the molecule is Cc1nc(CN(C(=O)O)C(C)(C)C)no1. The van der Waals surface area contributed by atoms with Crippen molar-refractivity contribution >= 4 is 6.09 Å². The van der Waals surface area contributed by atoms with Gasteiger partial charge in [0.25, 0.3) is 0 Å². The molecule has 0 saturated heterocycles. The van der Waals surface area contributed by atoms with E-state index in [-0.39, 0.29) is 6.54 Å². The van der Waals surface area contributed by atoms with Crippen LogP contribution in [0, 0.1) is 6.92 Å². The molecule has 0 unspecified atom stereocenters. The van der Waals surface area contributed by atoms with Gasteiger partial charge >= 0.3 is 6.09 Å². The predicted molar refractivity (Wildman–Crippen MR) is 52.4 cm³/mol. The number of nitrogens with zero attached hydrogens (tertiary/aromatic N) is 3. The van der Waals surface area contributed by atoms with Gasteiger partial charge in [-0.15, -0.1) is 0 Å². The molecule has 0 spiro atoms. The van der Waals surface area contributed by atoms with E-state index in [4.69, 9.17) is 9.63 Å². The number of rotatable bonds is 2. The fraction of sp³-hybridized carbons (Fsp3) is 0.667. The second kappa shape index (κ2) is 3.88. The van der Waals surface area contributed by atoms with Crippen LogP contribution in [0.15, 0.2) is 4.52 Å². The highest BCUT2D eigenvalue weighted by Gasteiger charge is 2.27. The van der Waals surface area contributed by atoms with Gasteiger partial charge in [-0.2, -0.15) is 4.98 Å². The van der Waals surface area contributed by atoms with Gasteiger partial charge in [0, 0.05) is 12.5 Å². The zero-order chi connectivity index (χ0) is 11.6. The lowest BCUT2D eigenvalue weighted by atomic mass is 10.1. The van der Waals surface area contributed by atoms with Gasteiger partial charge in [0.05, 0.1) is 6.54 Å². The number of aryl methyl sites for hydroxylation is 1. The van der Waals surface area contributed by atoms with Gasteiger partial charge in [-0.1, -0.05) is 5.16 Å². The van der Waals surface area contributed by atoms with Gasteiger partial charge in [-0.3, -0.25) is 4.90 Å². The van der Waals surface area contributed by atoms with Gasteiger partial charge < -0.3 is 9.63 Å². The number of hydrogen-bond acceptors (Lipinski definition) is 4. The summed E-state index contributed by atoms with van der Waals surface area (Å²) in [6.45, 7) is 7.24. The second-order valence-corrected chi connectivity index (χ2v) is 4.27. The maximum absolute atomic E-state index is 11.0. The Bertz CT molecular complexity index is 354. The largest absolute Gasteiger partial charge is 0.465 e. The van der Waals surface area contributed by atoms with Crippen LogP contribution in [0.1, 0.15) is 32.5 Å². The number of aromatic nitrogens is 2. The van der Waals surface area contributed by atoms with Crippen molar-refractivity contribution in [2.45, 2.75) is 39.8 Å². The van der Waals surface area contributed by atoms with E-state index >= 15 is 0 Å². The molecule has 6 heteroatoms. The zero-order valence-corrected chi connectivity index (χ0v) is 9.31. The van der Waals surface area contributed by atoms with Crippen LogP contribution in [0.5, 0.6) is 0 Å². The summed E-state index contributed by atoms with van der Waals surface area (Å²) in [5.41, 5.74) is -0.486. The molecule has 0 fully saturated rings. The Balaban J connectivity index is 2.81. The van der Waals surface area contributed by atoms with Crippen LogP contribution >= 0.6 is 0 Å². The summed E-state index contributed by atoms with van der Waals surface area (Å²) in [4.78, 5) is 16.2. The molecule has 0 saturated carbocycles. The maximum atomic E-state index is 11.0. The number of amides is 1. The molecule has 0 atom stereocenters. The first-order valence-electron chi connectivity index (χ1n) is 4.60. The summed E-state index contributed by atoms with van der Waals surface area (Å²) in [7, 11) is 0. The topological polar surface area (TPSA) is 79.5 Å². The first-order valence-corrected chi connectivity index (χ1v) is 4.60. The molecule has 1 aromatic rings. The van der Waals surface area contributed by atoms with Crippen LogP contribution < -0.4 is 0 Å². The Kier molecular flexibility index (Phi) is 2.97. The zero-order valence-electron chi connectivity index (χ0n) is 9.31. The molecule has 6 nitrogen and oxygen atoms in total. The first kappa shape index (κ1) is 11.5. The molecule has 1 aromatic heterocycles. The van der Waals surface area contributed by atoms with Crippen molar-refractivity contribution in [2.24, 2.45) is 0 Å². The van der Waals surface area contributed by atoms with Crippen molar-refractivity contribution in [2.75, 3.05) is 0 Å². The molecule has 0 aromatic carbocycles. The Morgan fingerprint density at radius 1 is 1.53 bits per heavy atom. The molecule has 0 aliphatic heterocycles. The van der Waals surface area contributed by atoms with E-state index in [1.165, 1.54) is 4.90 Å². The Hall–Kier alpha value is -1.59. The molecular formula is C9H15N3O3. The van der Waals surface area contributed by atoms with Crippen LogP contribution in [0.4, 0.5) is 4.79 Å². The van der Waals surface area contributed by atoms with Crippen molar-refractivity contribution in [1.82, 2.24) is 15.0 Å². The fourth-order valence-corrected chi connectivity index (χ4v) is 1.14. The van der Waals surface area contributed by atoms with E-state index in [1.807, 2.05) is 20.8 Å². The second-order valence-electron chi connectivity index (χ2n) is 4.27. The smallest absolute Gasteiger partial charge is 0.408 e. The summed E-state index contributed by atoms with van der Waals surface area (Å²) in [6.07, 6.45) is -0.995. The summed E-state index contributed by atoms with van der Waals surface area (Å²) in [5, 5.41) is 12.7. The van der Waals surface area contributed by atoms with Crippen molar-refractivity contribution < 1.29 is 14.4 Å². The lowest BCUT2D eigenvalue weighted by Crippen LogP contribution is -2.44. The molecule has 84 valence electrons. The molecule has 1 amide bonds. The average Bonchev–Trinajstić information content (AvgIpc) is 2.44. The van der Waals surface area contributed by atoms with E-state index in [0.29, 0.717) is 11.7 Å². The van der Waals surface area contributed by atoms with Crippen LogP contribution in [0.2, 0.25) is 0 Å². The molecule has 0 aliphatic rings. The van der Waals surface area contributed by atoms with E-state index in [0.717, 1.165) is 0 Å². The lowest BCUT2D eigenvalue weighted by Gasteiger charge is -2.31. The molecule has 0 bridgehead atoms. The maximum Gasteiger partial charge on any atom is 0.408 e. The first-order chi connectivity index (χ1) is 6.80. The molecule has 1 heterocycles. The van der Waals surface area contributed by atoms with Gasteiger partial charge in [-0.05, 0) is 20.8 Å². The van der Waals surface area contributed by atoms with E-state index in [1.54, 1.807) is 6.92 Å². The monoisotopic (exact) mass is 213 g/mol. The van der Waals surface area contributed by atoms with E-state index in [9.17, 15) is 4.79 Å². The van der Waals surface area contributed by atoms with Crippen molar-refractivity contribution in [3.05, 3.63) is 11.7 Å². The van der Waals surface area contributed by atoms with Crippen molar-refractivity contribution in [1.29, 1.82) is 0 Å². The summed E-state index contributed by atoms with van der Waals surface area (Å²) >= 11 is 0. The number of carbonyl (C=O) groups is 1. The van der Waals surface area contributed by atoms with Crippen LogP contribution in [0.3, 0.4) is 0 Å². The van der Waals surface area contributed by atoms with Gasteiger partial charge in [0.15, 0.2) is 5.82 Å². The predicted octanol–water partition coefficient (Wildman–Crippen LogP) is 1.66. The Morgan fingerprint density at radius 2 is 2.13 bits per heavy atom. The van der Waals surface area contributed by atoms with Crippen LogP contribution in [-0.4, -0.2) is 31.8 Å². The quantitative estimate of drug-likeness (QED) is 0.808. The highest BCUT2D eigenvalue weighted by Crippen LogP contribution is 2.16. The Morgan fingerprint density at radius 3 is 2.47 bits per heavy atom. The highest BCUT2D eigenvalue weighted by atomic mass is 16.5. The molecule has 0 radical (unpaired) electrons. The third-order valence-electron chi connectivity index (χ3n) is 1.91. The molecule has 1 N–H and O–H groups in total. The average molecular weight is 213 g/mol. The Labute approximate surface area is 87.9 Å². The minimum Gasteiger partial charge on any atom is -0.465 e. The minimum atomic E-state index is -0.995. The number of carboxylic acid groups (broad SMARTS) is 1. The van der Waals surface area contributed by atoms with Gasteiger partial charge in [-0.25, -0.2) is 4.79 Å². The van der Waals surface area contributed by atoms with E-state index in [2.05, 4.69) is 10.1 Å². The summed E-state index contributed by atoms with van der Waals surface area (Å²) < 4.78 is 4.78. The molecular weight excluding hydrogens is 198 g/mol. The molecule has 15 heavy (non-hydrogen) atoms. The molecule has 0 aliphatic carbocycles. The third kappa shape index (κ3) is 2.93. The lowest BCUT2D eigenvalue weighted by molar-refractivity contribution is 0.0932.